The van der Waals surface area contributed by atoms with Gasteiger partial charge in [0.25, 0.3) is 0 Å². The first-order chi connectivity index (χ1) is 9.41. The molecule has 0 N–H and O–H groups in total. The molecule has 0 aromatic heterocycles. The van der Waals surface area contributed by atoms with E-state index in [4.69, 9.17) is 4.74 Å². The van der Waals surface area contributed by atoms with Crippen LogP contribution in [0.2, 0.25) is 0 Å². The lowest BCUT2D eigenvalue weighted by molar-refractivity contribution is 0.297. The molecule has 0 bridgehead atoms. The van der Waals surface area contributed by atoms with Crippen LogP contribution in [0.4, 0.5) is 0 Å². The molecule has 20 heavy (non-hydrogen) atoms. The average Bonchev–Trinajstić information content (AvgIpc) is 2.72. The van der Waals surface area contributed by atoms with Crippen molar-refractivity contribution < 1.29 is 13.2 Å². The van der Waals surface area contributed by atoms with Gasteiger partial charge >= 0.3 is 0 Å². The summed E-state index contributed by atoms with van der Waals surface area (Å²) < 4.78 is 28.6. The molecule has 0 amide bonds. The molecule has 0 saturated carbocycles. The predicted octanol–water partition coefficient (Wildman–Crippen LogP) is 0.841. The minimum atomic E-state index is -2.98. The van der Waals surface area contributed by atoms with Gasteiger partial charge in [-0.2, -0.15) is 0 Å². The van der Waals surface area contributed by atoms with Gasteiger partial charge in [-0.1, -0.05) is 0 Å². The zero-order chi connectivity index (χ0) is 14.8. The highest BCUT2D eigenvalue weighted by molar-refractivity contribution is 7.91. The van der Waals surface area contributed by atoms with Crippen molar-refractivity contribution in [2.45, 2.75) is 12.1 Å². The van der Waals surface area contributed by atoms with Gasteiger partial charge in [0.1, 0.15) is 5.75 Å². The first kappa shape index (κ1) is 15.0. The second-order valence-corrected chi connectivity index (χ2v) is 7.38. The molecule has 2 rings (SSSR count). The maximum atomic E-state index is 11.7. The molecule has 110 valence electrons. The van der Waals surface area contributed by atoms with Crippen molar-refractivity contribution in [1.29, 1.82) is 0 Å². The number of hydrogen-bond donors (Lipinski definition) is 0. The van der Waals surface area contributed by atoms with Crippen molar-refractivity contribution in [3.05, 3.63) is 29.8 Å². The summed E-state index contributed by atoms with van der Waals surface area (Å²) in [5, 5.41) is 0. The van der Waals surface area contributed by atoms with Crippen molar-refractivity contribution in [3.63, 3.8) is 0 Å². The smallest absolute Gasteiger partial charge is 0.154 e. The van der Waals surface area contributed by atoms with Crippen molar-refractivity contribution in [2.24, 2.45) is 4.99 Å². The lowest BCUT2D eigenvalue weighted by Gasteiger charge is -2.21. The fraction of sp³-hybridized carbons (Fsp3) is 0.500. The van der Waals surface area contributed by atoms with E-state index in [1.165, 1.54) is 0 Å². The molecule has 1 aliphatic rings. The lowest BCUT2D eigenvalue weighted by Crippen LogP contribution is -2.37. The van der Waals surface area contributed by atoms with Crippen molar-refractivity contribution in [2.75, 3.05) is 32.7 Å². The highest BCUT2D eigenvalue weighted by Crippen LogP contribution is 2.19. The molecule has 1 heterocycles. The second-order valence-electron chi connectivity index (χ2n) is 5.23. The normalized spacial score (nSPS) is 25.4. The van der Waals surface area contributed by atoms with Crippen LogP contribution in [0.1, 0.15) is 5.56 Å². The number of sulfone groups is 1. The van der Waals surface area contributed by atoms with Gasteiger partial charge < -0.3 is 9.64 Å². The van der Waals surface area contributed by atoms with E-state index in [0.717, 1.165) is 11.3 Å². The van der Waals surface area contributed by atoms with E-state index < -0.39 is 9.84 Å². The topological polar surface area (TPSA) is 59.0 Å². The Balaban J connectivity index is 2.12. The number of nitrogens with zero attached hydrogens (tertiary/aromatic N) is 2. The standard InChI is InChI=1S/C14H20N2O3S/c1-16(2)14-10-20(17,18)9-13(14)15-8-11-4-6-12(19-3)7-5-11/h4-8,13-14H,9-10H2,1-3H3/t13-,14-/m0/s1. The van der Waals surface area contributed by atoms with Gasteiger partial charge in [-0.05, 0) is 43.9 Å². The summed E-state index contributed by atoms with van der Waals surface area (Å²) in [7, 11) is 2.42. The number of ether oxygens (including phenoxy) is 1. The fourth-order valence-electron chi connectivity index (χ4n) is 2.32. The summed E-state index contributed by atoms with van der Waals surface area (Å²) in [5.74, 6) is 1.10. The maximum Gasteiger partial charge on any atom is 0.154 e. The molecule has 0 spiro atoms. The highest BCUT2D eigenvalue weighted by atomic mass is 32.2. The van der Waals surface area contributed by atoms with Crippen LogP contribution < -0.4 is 4.74 Å². The van der Waals surface area contributed by atoms with Gasteiger partial charge in [-0.15, -0.1) is 0 Å². The molecule has 2 atom stereocenters. The van der Waals surface area contributed by atoms with E-state index in [1.54, 1.807) is 13.3 Å². The van der Waals surface area contributed by atoms with Gasteiger partial charge in [0, 0.05) is 12.3 Å². The lowest BCUT2D eigenvalue weighted by atomic mass is 10.1. The highest BCUT2D eigenvalue weighted by Gasteiger charge is 2.38. The zero-order valence-electron chi connectivity index (χ0n) is 12.0. The minimum Gasteiger partial charge on any atom is -0.497 e. The molecule has 0 unspecified atom stereocenters. The first-order valence-corrected chi connectivity index (χ1v) is 8.27. The van der Waals surface area contributed by atoms with Gasteiger partial charge in [0.2, 0.25) is 0 Å². The van der Waals surface area contributed by atoms with Gasteiger partial charge in [-0.25, -0.2) is 8.42 Å². The number of benzene rings is 1. The van der Waals surface area contributed by atoms with Crippen LogP contribution in [0.25, 0.3) is 0 Å². The summed E-state index contributed by atoms with van der Waals surface area (Å²) in [6.07, 6.45) is 1.74. The number of aliphatic imine (C=N–C) groups is 1. The molecule has 1 aromatic rings. The average molecular weight is 296 g/mol. The molecule has 1 aliphatic heterocycles. The Kier molecular flexibility index (Phi) is 4.45. The number of methoxy groups -OCH3 is 1. The summed E-state index contributed by atoms with van der Waals surface area (Å²) in [5.41, 5.74) is 0.938. The van der Waals surface area contributed by atoms with Crippen LogP contribution in [-0.4, -0.2) is 64.3 Å². The van der Waals surface area contributed by atoms with Gasteiger partial charge in [0.05, 0.1) is 24.7 Å². The summed E-state index contributed by atoms with van der Waals surface area (Å²) >= 11 is 0. The number of hydrogen-bond acceptors (Lipinski definition) is 5. The van der Waals surface area contributed by atoms with Crippen LogP contribution in [0, 0.1) is 0 Å². The Bertz CT molecular complexity index is 579. The summed E-state index contributed by atoms with van der Waals surface area (Å²) in [6, 6.07) is 7.27. The molecule has 1 fully saturated rings. The van der Waals surface area contributed by atoms with E-state index in [9.17, 15) is 8.42 Å². The maximum absolute atomic E-state index is 11.7. The second kappa shape index (κ2) is 5.93. The monoisotopic (exact) mass is 296 g/mol. The van der Waals surface area contributed by atoms with Crippen molar-refractivity contribution in [3.8, 4) is 5.75 Å². The third-order valence-corrected chi connectivity index (χ3v) is 5.19. The van der Waals surface area contributed by atoms with Crippen molar-refractivity contribution >= 4 is 16.1 Å². The third kappa shape index (κ3) is 3.58. The molecule has 1 saturated heterocycles. The Morgan fingerprint density at radius 3 is 2.45 bits per heavy atom. The Labute approximate surface area is 120 Å². The number of likely N-dealkylation sites (N-methyl/N-ethyl adjacent to an activating group) is 1. The quantitative estimate of drug-likeness (QED) is 0.773. The van der Waals surface area contributed by atoms with E-state index in [0.29, 0.717) is 0 Å². The molecular weight excluding hydrogens is 276 g/mol. The SMILES string of the molecule is COc1ccc(C=N[C@H]2CS(=O)(=O)C[C@@H]2N(C)C)cc1. The number of rotatable bonds is 4. The molecular formula is C14H20N2O3S. The Morgan fingerprint density at radius 1 is 1.25 bits per heavy atom. The van der Waals surface area contributed by atoms with Crippen LogP contribution in [0.3, 0.4) is 0 Å². The Morgan fingerprint density at radius 2 is 1.90 bits per heavy atom. The minimum absolute atomic E-state index is 0.0468. The van der Waals surface area contributed by atoms with Crippen LogP contribution >= 0.6 is 0 Å². The molecule has 6 heteroatoms. The zero-order valence-corrected chi connectivity index (χ0v) is 12.8. The van der Waals surface area contributed by atoms with Crippen LogP contribution in [0.15, 0.2) is 29.3 Å². The summed E-state index contributed by atoms with van der Waals surface area (Å²) in [6.45, 7) is 0. The molecule has 0 radical (unpaired) electrons. The third-order valence-electron chi connectivity index (χ3n) is 3.49. The van der Waals surface area contributed by atoms with Gasteiger partial charge in [-0.3, -0.25) is 4.99 Å². The van der Waals surface area contributed by atoms with E-state index in [1.807, 2.05) is 43.3 Å². The predicted molar refractivity (Wildman–Crippen MR) is 80.5 cm³/mol. The van der Waals surface area contributed by atoms with Crippen LogP contribution in [0.5, 0.6) is 5.75 Å². The van der Waals surface area contributed by atoms with Crippen molar-refractivity contribution in [1.82, 2.24) is 4.90 Å². The molecule has 0 aliphatic carbocycles. The van der Waals surface area contributed by atoms with E-state index in [-0.39, 0.29) is 23.6 Å². The van der Waals surface area contributed by atoms with E-state index in [2.05, 4.69) is 4.99 Å². The fourth-order valence-corrected chi connectivity index (χ4v) is 4.32. The van der Waals surface area contributed by atoms with E-state index >= 15 is 0 Å². The molecule has 1 aromatic carbocycles. The Hall–Kier alpha value is -1.40. The van der Waals surface area contributed by atoms with Crippen LogP contribution in [-0.2, 0) is 9.84 Å². The van der Waals surface area contributed by atoms with Gasteiger partial charge in [0.15, 0.2) is 9.84 Å². The molecule has 5 nitrogen and oxygen atoms in total. The first-order valence-electron chi connectivity index (χ1n) is 6.45. The summed E-state index contributed by atoms with van der Waals surface area (Å²) in [4.78, 5) is 6.39. The largest absolute Gasteiger partial charge is 0.497 e.